The van der Waals surface area contributed by atoms with Crippen LogP contribution in [0.2, 0.25) is 0 Å². The van der Waals surface area contributed by atoms with Crippen LogP contribution in [0, 0.1) is 0 Å². The Hall–Kier alpha value is -1.68. The van der Waals surface area contributed by atoms with Gasteiger partial charge in [0.25, 0.3) is 10.0 Å². The fourth-order valence-electron chi connectivity index (χ4n) is 2.96. The van der Waals surface area contributed by atoms with Crippen molar-refractivity contribution in [1.82, 2.24) is 19.8 Å². The number of aromatic amines is 1. The number of piperidine rings is 1. The van der Waals surface area contributed by atoms with Crippen molar-refractivity contribution in [2.75, 3.05) is 26.2 Å². The number of aromatic nitrogens is 2. The Bertz CT molecular complexity index is 741. The summed E-state index contributed by atoms with van der Waals surface area (Å²) in [7, 11) is -3.70. The minimum absolute atomic E-state index is 0.110. The number of furan rings is 1. The highest BCUT2D eigenvalue weighted by atomic mass is 32.2. The fraction of sp³-hybridized carbons (Fsp3) is 0.533. The van der Waals surface area contributed by atoms with Crippen LogP contribution in [0.25, 0.3) is 11.5 Å². The summed E-state index contributed by atoms with van der Waals surface area (Å²) >= 11 is 0. The molecule has 2 aromatic heterocycles. The Morgan fingerprint density at radius 1 is 1.38 bits per heavy atom. The fourth-order valence-corrected chi connectivity index (χ4v) is 3.91. The van der Waals surface area contributed by atoms with E-state index in [9.17, 15) is 13.5 Å². The molecule has 1 atom stereocenters. The highest BCUT2D eigenvalue weighted by Crippen LogP contribution is 2.22. The van der Waals surface area contributed by atoms with Crippen molar-refractivity contribution in [1.29, 1.82) is 0 Å². The van der Waals surface area contributed by atoms with Gasteiger partial charge in [0.15, 0.2) is 5.76 Å². The predicted octanol–water partition coefficient (Wildman–Crippen LogP) is 0.795. The molecule has 1 aliphatic rings. The summed E-state index contributed by atoms with van der Waals surface area (Å²) in [6.45, 7) is 1.84. The lowest BCUT2D eigenvalue weighted by Gasteiger charge is -2.34. The van der Waals surface area contributed by atoms with E-state index in [4.69, 9.17) is 4.42 Å². The minimum Gasteiger partial charge on any atom is -0.442 e. The second kappa shape index (κ2) is 7.47. The highest BCUT2D eigenvalue weighted by molar-refractivity contribution is 7.89. The first-order valence-corrected chi connectivity index (χ1v) is 9.52. The van der Waals surface area contributed by atoms with Crippen LogP contribution in [0.4, 0.5) is 0 Å². The Labute approximate surface area is 140 Å². The quantitative estimate of drug-likeness (QED) is 0.678. The van der Waals surface area contributed by atoms with Crippen molar-refractivity contribution in [2.24, 2.45) is 0 Å². The van der Waals surface area contributed by atoms with Gasteiger partial charge in [0.05, 0.1) is 6.61 Å². The Balaban J connectivity index is 1.58. The second-order valence-corrected chi connectivity index (χ2v) is 7.55. The lowest BCUT2D eigenvalue weighted by molar-refractivity contribution is 0.0923. The highest BCUT2D eigenvalue weighted by Gasteiger charge is 2.23. The molecule has 1 fully saturated rings. The van der Waals surface area contributed by atoms with Gasteiger partial charge in [-0.3, -0.25) is 10.00 Å². The van der Waals surface area contributed by atoms with E-state index in [0.29, 0.717) is 18.0 Å². The molecule has 0 aliphatic carbocycles. The average molecular weight is 354 g/mol. The number of rotatable bonds is 7. The summed E-state index contributed by atoms with van der Waals surface area (Å²) in [6.07, 6.45) is 4.71. The van der Waals surface area contributed by atoms with E-state index in [1.165, 1.54) is 6.07 Å². The largest absolute Gasteiger partial charge is 0.442 e. The topological polar surface area (TPSA) is 111 Å². The van der Waals surface area contributed by atoms with E-state index in [-0.39, 0.29) is 24.3 Å². The molecule has 3 rings (SSSR count). The van der Waals surface area contributed by atoms with Gasteiger partial charge in [-0.1, -0.05) is 6.42 Å². The van der Waals surface area contributed by atoms with Gasteiger partial charge in [-0.15, -0.1) is 0 Å². The summed E-state index contributed by atoms with van der Waals surface area (Å²) in [6, 6.07) is 4.84. The monoisotopic (exact) mass is 354 g/mol. The summed E-state index contributed by atoms with van der Waals surface area (Å²) in [5, 5.41) is 15.8. The van der Waals surface area contributed by atoms with E-state index in [0.717, 1.165) is 25.8 Å². The third-order valence-corrected chi connectivity index (χ3v) is 5.60. The molecule has 0 aromatic carbocycles. The van der Waals surface area contributed by atoms with Crippen molar-refractivity contribution in [3.8, 4) is 11.5 Å². The number of nitrogens with zero attached hydrogens (tertiary/aromatic N) is 2. The standard InChI is InChI=1S/C15H22N4O4S/c20-11-12-3-1-2-9-19(12)10-8-17-24(21,22)15-5-4-14(23-15)13-6-7-16-18-13/h4-7,12,17,20H,1-3,8-11H2,(H,16,18)/t12-/m1/s1. The van der Waals surface area contributed by atoms with E-state index in [2.05, 4.69) is 19.8 Å². The number of H-pyrrole nitrogens is 1. The van der Waals surface area contributed by atoms with Gasteiger partial charge in [-0.05, 0) is 37.6 Å². The molecule has 0 saturated carbocycles. The normalized spacial score (nSPS) is 19.6. The van der Waals surface area contributed by atoms with Gasteiger partial charge in [0.2, 0.25) is 5.09 Å². The van der Waals surface area contributed by atoms with E-state index in [1.807, 2.05) is 0 Å². The first kappa shape index (κ1) is 17.2. The number of aliphatic hydroxyl groups excluding tert-OH is 1. The molecule has 9 heteroatoms. The molecule has 3 heterocycles. The Morgan fingerprint density at radius 2 is 2.25 bits per heavy atom. The van der Waals surface area contributed by atoms with Gasteiger partial charge in [0, 0.05) is 25.3 Å². The second-order valence-electron chi connectivity index (χ2n) is 5.85. The van der Waals surface area contributed by atoms with Crippen LogP contribution in [-0.2, 0) is 10.0 Å². The zero-order valence-corrected chi connectivity index (χ0v) is 14.1. The maximum Gasteiger partial charge on any atom is 0.274 e. The SMILES string of the molecule is O=S(=O)(NCCN1CCCC[C@@H]1CO)c1ccc(-c2ccn[nH]2)o1. The summed E-state index contributed by atoms with van der Waals surface area (Å²) in [5.41, 5.74) is 0.621. The molecule has 24 heavy (non-hydrogen) atoms. The van der Waals surface area contributed by atoms with Crippen LogP contribution in [0.15, 0.2) is 33.9 Å². The minimum atomic E-state index is -3.70. The molecule has 1 aliphatic heterocycles. The van der Waals surface area contributed by atoms with Crippen LogP contribution in [0.5, 0.6) is 0 Å². The Morgan fingerprint density at radius 3 is 3.00 bits per heavy atom. The van der Waals surface area contributed by atoms with Crippen LogP contribution >= 0.6 is 0 Å². The molecular formula is C15H22N4O4S. The van der Waals surface area contributed by atoms with E-state index < -0.39 is 10.0 Å². The lowest BCUT2D eigenvalue weighted by Crippen LogP contribution is -2.45. The third kappa shape index (κ3) is 3.86. The number of aliphatic hydroxyl groups is 1. The predicted molar refractivity (Wildman–Crippen MR) is 87.8 cm³/mol. The van der Waals surface area contributed by atoms with Crippen LogP contribution in [-0.4, -0.2) is 60.9 Å². The van der Waals surface area contributed by atoms with Crippen molar-refractivity contribution in [3.05, 3.63) is 24.4 Å². The smallest absolute Gasteiger partial charge is 0.274 e. The summed E-state index contributed by atoms with van der Waals surface area (Å²) in [5.74, 6) is 0.421. The van der Waals surface area contributed by atoms with Gasteiger partial charge in [-0.2, -0.15) is 5.10 Å². The molecule has 0 spiro atoms. The molecule has 132 valence electrons. The maximum atomic E-state index is 12.3. The molecule has 0 radical (unpaired) electrons. The molecule has 0 amide bonds. The summed E-state index contributed by atoms with van der Waals surface area (Å²) in [4.78, 5) is 2.13. The maximum absolute atomic E-state index is 12.3. The number of sulfonamides is 1. The van der Waals surface area contributed by atoms with Crippen LogP contribution in [0.3, 0.4) is 0 Å². The van der Waals surface area contributed by atoms with Crippen molar-refractivity contribution < 1.29 is 17.9 Å². The molecular weight excluding hydrogens is 332 g/mol. The first-order chi connectivity index (χ1) is 11.6. The third-order valence-electron chi connectivity index (χ3n) is 4.26. The number of nitrogens with one attached hydrogen (secondary N) is 2. The summed E-state index contributed by atoms with van der Waals surface area (Å²) < 4.78 is 32.6. The van der Waals surface area contributed by atoms with E-state index >= 15 is 0 Å². The van der Waals surface area contributed by atoms with Gasteiger partial charge in [-0.25, -0.2) is 13.1 Å². The molecule has 1 saturated heterocycles. The van der Waals surface area contributed by atoms with Crippen molar-refractivity contribution in [3.63, 3.8) is 0 Å². The molecule has 0 unspecified atom stereocenters. The van der Waals surface area contributed by atoms with Gasteiger partial charge < -0.3 is 9.52 Å². The van der Waals surface area contributed by atoms with Crippen LogP contribution < -0.4 is 4.72 Å². The Kier molecular flexibility index (Phi) is 5.34. The molecule has 3 N–H and O–H groups in total. The van der Waals surface area contributed by atoms with Crippen molar-refractivity contribution in [2.45, 2.75) is 30.4 Å². The molecule has 0 bridgehead atoms. The number of hydrogen-bond acceptors (Lipinski definition) is 6. The lowest BCUT2D eigenvalue weighted by atomic mass is 10.0. The number of likely N-dealkylation sites (tertiary alicyclic amines) is 1. The molecule has 8 nitrogen and oxygen atoms in total. The zero-order valence-electron chi connectivity index (χ0n) is 13.3. The first-order valence-electron chi connectivity index (χ1n) is 8.04. The van der Waals surface area contributed by atoms with Gasteiger partial charge >= 0.3 is 0 Å². The van der Waals surface area contributed by atoms with E-state index in [1.54, 1.807) is 18.3 Å². The van der Waals surface area contributed by atoms with Gasteiger partial charge in [0.1, 0.15) is 5.69 Å². The average Bonchev–Trinajstić information content (AvgIpc) is 3.26. The van der Waals surface area contributed by atoms with Crippen molar-refractivity contribution >= 4 is 10.0 Å². The number of hydrogen-bond donors (Lipinski definition) is 3. The van der Waals surface area contributed by atoms with Crippen LogP contribution in [0.1, 0.15) is 19.3 Å². The zero-order chi connectivity index (χ0) is 17.0. The molecule has 2 aromatic rings.